The summed E-state index contributed by atoms with van der Waals surface area (Å²) in [5, 5.41) is 2.62. The van der Waals surface area contributed by atoms with Crippen LogP contribution in [-0.2, 0) is 11.2 Å². The Bertz CT molecular complexity index is 400. The third kappa shape index (κ3) is 1.32. The fraction of sp³-hybridized carbons (Fsp3) is 0.222. The molecule has 7 N–H and O–H groups in total. The molecular weight excluding hydrogens is 180 g/mol. The molecule has 0 aromatic heterocycles. The van der Waals surface area contributed by atoms with E-state index < -0.39 is 5.66 Å². The Kier molecular flexibility index (Phi) is 1.73. The standard InChI is InChI=1S/C9H12N4O/c10-6-2-1-5-4-9(11,12)8(14)13-7(5)3-6/h1-3H,4,10-12H2,(H,13,14). The van der Waals surface area contributed by atoms with Crippen molar-refractivity contribution in [1.82, 2.24) is 0 Å². The van der Waals surface area contributed by atoms with Gasteiger partial charge in [-0.25, -0.2) is 0 Å². The number of hydrogen-bond acceptors (Lipinski definition) is 4. The molecule has 1 aliphatic rings. The molecule has 5 heteroatoms. The number of rotatable bonds is 0. The topological polar surface area (TPSA) is 107 Å². The first-order valence-electron chi connectivity index (χ1n) is 4.27. The minimum atomic E-state index is -1.32. The molecule has 5 nitrogen and oxygen atoms in total. The zero-order valence-corrected chi connectivity index (χ0v) is 7.58. The van der Waals surface area contributed by atoms with Gasteiger partial charge in [0.2, 0.25) is 0 Å². The van der Waals surface area contributed by atoms with Gasteiger partial charge < -0.3 is 22.5 Å². The van der Waals surface area contributed by atoms with Crippen LogP contribution in [0.3, 0.4) is 0 Å². The second kappa shape index (κ2) is 2.70. The molecule has 0 spiro atoms. The van der Waals surface area contributed by atoms with Crippen LogP contribution in [-0.4, -0.2) is 11.6 Å². The minimum Gasteiger partial charge on any atom is -0.399 e. The first-order valence-corrected chi connectivity index (χ1v) is 4.27. The molecule has 0 fully saturated rings. The molecule has 0 atom stereocenters. The Morgan fingerprint density at radius 3 is 2.79 bits per heavy atom. The van der Waals surface area contributed by atoms with Crippen LogP contribution in [0, 0.1) is 0 Å². The molecule has 0 saturated heterocycles. The molecule has 0 bridgehead atoms. The number of fused-ring (bicyclic) bond motifs is 1. The highest BCUT2D eigenvalue weighted by Crippen LogP contribution is 2.26. The molecule has 2 rings (SSSR count). The number of hydrogen-bond donors (Lipinski definition) is 4. The van der Waals surface area contributed by atoms with Crippen LogP contribution in [0.4, 0.5) is 11.4 Å². The van der Waals surface area contributed by atoms with Crippen LogP contribution in [0.25, 0.3) is 0 Å². The van der Waals surface area contributed by atoms with Gasteiger partial charge in [-0.1, -0.05) is 6.07 Å². The summed E-state index contributed by atoms with van der Waals surface area (Å²) in [6.07, 6.45) is 0.328. The SMILES string of the molecule is Nc1ccc2c(c1)NC(=O)C(N)(N)C2. The smallest absolute Gasteiger partial charge is 0.259 e. The zero-order valence-electron chi connectivity index (χ0n) is 7.58. The number of amides is 1. The molecule has 1 amide bonds. The Balaban J connectivity index is 2.46. The molecule has 1 aliphatic heterocycles. The summed E-state index contributed by atoms with van der Waals surface area (Å²) in [7, 11) is 0. The number of benzene rings is 1. The van der Waals surface area contributed by atoms with E-state index in [2.05, 4.69) is 5.32 Å². The molecule has 0 unspecified atom stereocenters. The molecule has 1 aromatic carbocycles. The normalized spacial score (nSPS) is 18.6. The minimum absolute atomic E-state index is 0.328. The van der Waals surface area contributed by atoms with Crippen molar-refractivity contribution in [2.45, 2.75) is 12.1 Å². The first kappa shape index (κ1) is 8.98. The van der Waals surface area contributed by atoms with E-state index in [9.17, 15) is 4.79 Å². The zero-order chi connectivity index (χ0) is 10.3. The van der Waals surface area contributed by atoms with Gasteiger partial charge in [0.05, 0.1) is 0 Å². The van der Waals surface area contributed by atoms with Gasteiger partial charge in [-0.3, -0.25) is 4.79 Å². The second-order valence-electron chi connectivity index (χ2n) is 3.59. The van der Waals surface area contributed by atoms with Crippen LogP contribution < -0.4 is 22.5 Å². The van der Waals surface area contributed by atoms with Gasteiger partial charge in [0.25, 0.3) is 5.91 Å². The average Bonchev–Trinajstić information content (AvgIpc) is 2.08. The van der Waals surface area contributed by atoms with E-state index in [4.69, 9.17) is 17.2 Å². The van der Waals surface area contributed by atoms with Crippen LogP contribution in [0.1, 0.15) is 5.56 Å². The largest absolute Gasteiger partial charge is 0.399 e. The summed E-state index contributed by atoms with van der Waals surface area (Å²) >= 11 is 0. The third-order valence-corrected chi connectivity index (χ3v) is 2.29. The van der Waals surface area contributed by atoms with Crippen LogP contribution in [0.2, 0.25) is 0 Å². The summed E-state index contributed by atoms with van der Waals surface area (Å²) in [5.41, 5.74) is 17.7. The summed E-state index contributed by atoms with van der Waals surface area (Å²) in [5.74, 6) is -0.379. The first-order chi connectivity index (χ1) is 6.49. The van der Waals surface area contributed by atoms with Crippen molar-refractivity contribution in [3.8, 4) is 0 Å². The van der Waals surface area contributed by atoms with Crippen LogP contribution >= 0.6 is 0 Å². The van der Waals surface area contributed by atoms with Crippen molar-refractivity contribution in [3.63, 3.8) is 0 Å². The number of nitrogen functional groups attached to an aromatic ring is 1. The van der Waals surface area contributed by atoms with Gasteiger partial charge in [-0.2, -0.15) is 0 Å². The highest BCUT2D eigenvalue weighted by molar-refractivity contribution is 6.00. The molecule has 1 heterocycles. The van der Waals surface area contributed by atoms with Crippen molar-refractivity contribution in [3.05, 3.63) is 23.8 Å². The predicted molar refractivity (Wildman–Crippen MR) is 54.3 cm³/mol. The van der Waals surface area contributed by atoms with E-state index in [1.165, 1.54) is 0 Å². The average molecular weight is 192 g/mol. The predicted octanol–water partition coefficient (Wildman–Crippen LogP) is -0.623. The second-order valence-corrected chi connectivity index (χ2v) is 3.59. The Morgan fingerprint density at radius 1 is 1.36 bits per heavy atom. The van der Waals surface area contributed by atoms with Gasteiger partial charge in [0.15, 0.2) is 0 Å². The van der Waals surface area contributed by atoms with E-state index in [0.29, 0.717) is 17.8 Å². The van der Waals surface area contributed by atoms with Gasteiger partial charge in [-0.05, 0) is 17.7 Å². The fourth-order valence-electron chi connectivity index (χ4n) is 1.50. The Hall–Kier alpha value is -1.59. The lowest BCUT2D eigenvalue weighted by atomic mass is 9.94. The van der Waals surface area contributed by atoms with Crippen molar-refractivity contribution in [2.75, 3.05) is 11.1 Å². The highest BCUT2D eigenvalue weighted by atomic mass is 16.2. The summed E-state index contributed by atoms with van der Waals surface area (Å²) in [6, 6.07) is 5.27. The number of carbonyl (C=O) groups excluding carboxylic acids is 1. The maximum Gasteiger partial charge on any atom is 0.259 e. The van der Waals surface area contributed by atoms with E-state index >= 15 is 0 Å². The van der Waals surface area contributed by atoms with Gasteiger partial charge in [0.1, 0.15) is 5.66 Å². The Labute approximate surface area is 81.3 Å². The maximum atomic E-state index is 11.4. The summed E-state index contributed by atoms with van der Waals surface area (Å²) in [6.45, 7) is 0. The van der Waals surface area contributed by atoms with E-state index in [1.54, 1.807) is 12.1 Å². The highest BCUT2D eigenvalue weighted by Gasteiger charge is 2.34. The number of nitrogens with one attached hydrogen (secondary N) is 1. The van der Waals surface area contributed by atoms with E-state index in [1.807, 2.05) is 6.07 Å². The van der Waals surface area contributed by atoms with Gasteiger partial charge >= 0.3 is 0 Å². The summed E-state index contributed by atoms with van der Waals surface area (Å²) in [4.78, 5) is 11.4. The van der Waals surface area contributed by atoms with Gasteiger partial charge in [0, 0.05) is 17.8 Å². The van der Waals surface area contributed by atoms with Crippen LogP contribution in [0.15, 0.2) is 18.2 Å². The number of nitrogens with two attached hydrogens (primary N) is 3. The van der Waals surface area contributed by atoms with Crippen LogP contribution in [0.5, 0.6) is 0 Å². The molecule has 14 heavy (non-hydrogen) atoms. The molecule has 0 radical (unpaired) electrons. The lowest BCUT2D eigenvalue weighted by Crippen LogP contribution is -2.62. The van der Waals surface area contributed by atoms with E-state index in [0.717, 1.165) is 5.56 Å². The van der Waals surface area contributed by atoms with E-state index in [-0.39, 0.29) is 5.91 Å². The van der Waals surface area contributed by atoms with Crippen molar-refractivity contribution in [2.24, 2.45) is 11.5 Å². The van der Waals surface area contributed by atoms with Crippen molar-refractivity contribution < 1.29 is 4.79 Å². The van der Waals surface area contributed by atoms with Crippen molar-refractivity contribution in [1.29, 1.82) is 0 Å². The van der Waals surface area contributed by atoms with Crippen molar-refractivity contribution >= 4 is 17.3 Å². The number of carbonyl (C=O) groups is 1. The molecular formula is C9H12N4O. The summed E-state index contributed by atoms with van der Waals surface area (Å²) < 4.78 is 0. The quantitative estimate of drug-likeness (QED) is 0.324. The molecule has 0 saturated carbocycles. The molecule has 1 aromatic rings. The lowest BCUT2D eigenvalue weighted by Gasteiger charge is -2.30. The fourth-order valence-corrected chi connectivity index (χ4v) is 1.50. The molecule has 74 valence electrons. The molecule has 0 aliphatic carbocycles. The monoisotopic (exact) mass is 192 g/mol. The Morgan fingerprint density at radius 2 is 2.07 bits per heavy atom. The third-order valence-electron chi connectivity index (χ3n) is 2.29. The number of anilines is 2. The maximum absolute atomic E-state index is 11.4. The lowest BCUT2D eigenvalue weighted by molar-refractivity contribution is -0.121. The van der Waals surface area contributed by atoms with Gasteiger partial charge in [-0.15, -0.1) is 0 Å².